The number of carbonyl (C=O) groups is 4. The fourth-order valence-electron chi connectivity index (χ4n) is 5.19. The summed E-state index contributed by atoms with van der Waals surface area (Å²) in [5.74, 6) is -2.15. The van der Waals surface area contributed by atoms with Crippen LogP contribution in [-0.2, 0) is 32.1 Å². The van der Waals surface area contributed by atoms with Crippen molar-refractivity contribution < 1.29 is 33.8 Å². The van der Waals surface area contributed by atoms with E-state index in [1.54, 1.807) is 24.5 Å². The molecule has 0 radical (unpaired) electrons. The number of hydrogen-bond donors (Lipinski definition) is 5. The first kappa shape index (κ1) is 35.2. The van der Waals surface area contributed by atoms with Crippen molar-refractivity contribution >= 4 is 41.1 Å². The van der Waals surface area contributed by atoms with Gasteiger partial charge in [0.15, 0.2) is 11.5 Å². The molecule has 50 heavy (non-hydrogen) atoms. The number of carboxylic acid groups (broad SMARTS) is 1. The Hall–Kier alpha value is -6.09. The predicted octanol–water partition coefficient (Wildman–Crippen LogP) is 3.03. The first-order valence-corrected chi connectivity index (χ1v) is 16.0. The van der Waals surface area contributed by atoms with E-state index in [1.807, 2.05) is 48.5 Å². The van der Waals surface area contributed by atoms with Crippen molar-refractivity contribution in [3.63, 3.8) is 0 Å². The van der Waals surface area contributed by atoms with Gasteiger partial charge in [-0.3, -0.25) is 19.4 Å². The van der Waals surface area contributed by atoms with E-state index >= 15 is 0 Å². The Morgan fingerprint density at radius 2 is 1.74 bits per heavy atom. The minimum absolute atomic E-state index is 0.00793. The third-order valence-corrected chi connectivity index (χ3v) is 7.84. The molecule has 1 saturated heterocycles. The number of rotatable bonds is 14. The number of nitrogens with zero attached hydrogens (tertiary/aromatic N) is 4. The molecule has 0 saturated carbocycles. The molecule has 1 fully saturated rings. The van der Waals surface area contributed by atoms with Gasteiger partial charge in [0.25, 0.3) is 5.91 Å². The maximum absolute atomic E-state index is 13.3. The van der Waals surface area contributed by atoms with Crippen LogP contribution in [0.2, 0.25) is 0 Å². The molecule has 2 aromatic heterocycles. The van der Waals surface area contributed by atoms with E-state index < -0.39 is 29.9 Å². The number of carboxylic acids is 1. The van der Waals surface area contributed by atoms with Gasteiger partial charge in [-0.1, -0.05) is 54.6 Å². The number of nitrogens with one attached hydrogen (secondary N) is 3. The van der Waals surface area contributed by atoms with Crippen LogP contribution in [0.15, 0.2) is 79.3 Å². The van der Waals surface area contributed by atoms with Crippen molar-refractivity contribution in [1.29, 1.82) is 0 Å². The van der Waals surface area contributed by atoms with Crippen molar-refractivity contribution in [3.8, 4) is 11.3 Å². The zero-order valence-electron chi connectivity index (χ0n) is 27.2. The summed E-state index contributed by atoms with van der Waals surface area (Å²) in [6.07, 6.45) is 3.94. The lowest BCUT2D eigenvalue weighted by Crippen LogP contribution is -2.47. The number of alkyl carbamates (subject to hydrolysis) is 1. The Labute approximate surface area is 288 Å². The first-order valence-electron chi connectivity index (χ1n) is 16.0. The predicted molar refractivity (Wildman–Crippen MR) is 184 cm³/mol. The van der Waals surface area contributed by atoms with Gasteiger partial charge in [0.2, 0.25) is 5.91 Å². The standard InChI is InChI=1S/C35H38N8O7/c36-32-31(34(47)41-28-20-37-14-13-29(28)43-16-18-49-19-17-43)40-27(21-39-32)25-8-6-23(7-9-25)12-15-38-33(46)26(10-11-30(44)45)42-35(48)50-22-24-4-2-1-3-5-24/h1-9,13-14,20-21,26H,10-12,15-19,22H2,(H2,36,39)(H,38,46)(H,41,47)(H,42,48)(H,44,45)/t26-/m0/s1. The summed E-state index contributed by atoms with van der Waals surface area (Å²) in [6.45, 7) is 2.78. The molecule has 0 spiro atoms. The molecule has 3 heterocycles. The number of morpholine rings is 1. The number of amides is 3. The van der Waals surface area contributed by atoms with E-state index in [0.29, 0.717) is 49.7 Å². The van der Waals surface area contributed by atoms with Gasteiger partial charge in [0, 0.05) is 37.8 Å². The highest BCUT2D eigenvalue weighted by Crippen LogP contribution is 2.27. The summed E-state index contributed by atoms with van der Waals surface area (Å²) in [6, 6.07) is 17.1. The molecule has 1 aliphatic heterocycles. The van der Waals surface area contributed by atoms with Crippen LogP contribution in [-0.4, -0.2) is 82.8 Å². The number of hydrogen-bond acceptors (Lipinski definition) is 11. The summed E-state index contributed by atoms with van der Waals surface area (Å²) in [5, 5.41) is 17.2. The van der Waals surface area contributed by atoms with Crippen molar-refractivity contribution in [3.05, 3.63) is 96.1 Å². The third-order valence-electron chi connectivity index (χ3n) is 7.84. The van der Waals surface area contributed by atoms with Crippen LogP contribution in [0.25, 0.3) is 11.3 Å². The van der Waals surface area contributed by atoms with Gasteiger partial charge in [-0.15, -0.1) is 0 Å². The number of aromatic nitrogens is 3. The molecule has 0 bridgehead atoms. The summed E-state index contributed by atoms with van der Waals surface area (Å²) in [5.41, 5.74) is 10.2. The van der Waals surface area contributed by atoms with Crippen LogP contribution in [0.5, 0.6) is 0 Å². The Morgan fingerprint density at radius 3 is 2.48 bits per heavy atom. The lowest BCUT2D eigenvalue weighted by molar-refractivity contribution is -0.137. The smallest absolute Gasteiger partial charge is 0.408 e. The highest BCUT2D eigenvalue weighted by atomic mass is 16.5. The SMILES string of the molecule is Nc1ncc(-c2ccc(CCNC(=O)[C@H](CCC(=O)O)NC(=O)OCc3ccccc3)cc2)nc1C(=O)Nc1cnccc1N1CCOCC1. The number of carbonyl (C=O) groups excluding carboxylic acids is 3. The fourth-order valence-corrected chi connectivity index (χ4v) is 5.19. The van der Waals surface area contributed by atoms with Crippen LogP contribution < -0.4 is 26.6 Å². The van der Waals surface area contributed by atoms with Crippen molar-refractivity contribution in [1.82, 2.24) is 25.6 Å². The molecule has 0 unspecified atom stereocenters. The quantitative estimate of drug-likeness (QED) is 0.130. The highest BCUT2D eigenvalue weighted by molar-refractivity contribution is 6.07. The van der Waals surface area contributed by atoms with Gasteiger partial charge in [-0.2, -0.15) is 0 Å². The molecule has 0 aliphatic carbocycles. The summed E-state index contributed by atoms with van der Waals surface area (Å²) in [7, 11) is 0. The van der Waals surface area contributed by atoms with Gasteiger partial charge in [0.05, 0.1) is 42.7 Å². The molecule has 3 amide bonds. The average Bonchev–Trinajstić information content (AvgIpc) is 3.14. The fraction of sp³-hybridized carbons (Fsp3) is 0.286. The zero-order valence-corrected chi connectivity index (χ0v) is 27.2. The van der Waals surface area contributed by atoms with Crippen LogP contribution >= 0.6 is 0 Å². The van der Waals surface area contributed by atoms with Crippen molar-refractivity contribution in [2.75, 3.05) is 48.8 Å². The maximum atomic E-state index is 13.3. The minimum Gasteiger partial charge on any atom is -0.481 e. The number of aliphatic carboxylic acids is 1. The lowest BCUT2D eigenvalue weighted by Gasteiger charge is -2.30. The molecule has 6 N–H and O–H groups in total. The van der Waals surface area contributed by atoms with E-state index in [0.717, 1.165) is 16.8 Å². The second kappa shape index (κ2) is 17.3. The van der Waals surface area contributed by atoms with Gasteiger partial charge in [-0.05, 0) is 30.0 Å². The monoisotopic (exact) mass is 682 g/mol. The van der Waals surface area contributed by atoms with Gasteiger partial charge in [-0.25, -0.2) is 14.8 Å². The van der Waals surface area contributed by atoms with Crippen molar-refractivity contribution in [2.45, 2.75) is 31.9 Å². The summed E-state index contributed by atoms with van der Waals surface area (Å²) >= 11 is 0. The number of nitrogen functional groups attached to an aromatic ring is 1. The number of ether oxygens (including phenoxy) is 2. The Morgan fingerprint density at radius 1 is 0.980 bits per heavy atom. The Bertz CT molecular complexity index is 1780. The lowest BCUT2D eigenvalue weighted by atomic mass is 10.1. The highest BCUT2D eigenvalue weighted by Gasteiger charge is 2.23. The van der Waals surface area contributed by atoms with Gasteiger partial charge >= 0.3 is 12.1 Å². The molecule has 2 aromatic carbocycles. The Balaban J connectivity index is 1.16. The molecule has 15 heteroatoms. The topological polar surface area (TPSA) is 211 Å². The van der Waals surface area contributed by atoms with Crippen LogP contribution in [0.1, 0.15) is 34.5 Å². The van der Waals surface area contributed by atoms with E-state index in [1.165, 1.54) is 6.20 Å². The third kappa shape index (κ3) is 9.96. The van der Waals surface area contributed by atoms with Crippen LogP contribution in [0.4, 0.5) is 22.0 Å². The number of anilines is 3. The summed E-state index contributed by atoms with van der Waals surface area (Å²) < 4.78 is 10.6. The van der Waals surface area contributed by atoms with E-state index in [4.69, 9.17) is 20.3 Å². The largest absolute Gasteiger partial charge is 0.481 e. The van der Waals surface area contributed by atoms with Crippen LogP contribution in [0.3, 0.4) is 0 Å². The molecule has 1 aliphatic rings. The molecule has 15 nitrogen and oxygen atoms in total. The second-order valence-electron chi connectivity index (χ2n) is 11.4. The van der Waals surface area contributed by atoms with Crippen molar-refractivity contribution in [2.24, 2.45) is 0 Å². The number of benzene rings is 2. The molecule has 260 valence electrons. The maximum Gasteiger partial charge on any atom is 0.408 e. The molecule has 4 aromatic rings. The molecule has 5 rings (SSSR count). The Kier molecular flexibility index (Phi) is 12.2. The second-order valence-corrected chi connectivity index (χ2v) is 11.4. The van der Waals surface area contributed by atoms with E-state index in [2.05, 4.69) is 35.8 Å². The summed E-state index contributed by atoms with van der Waals surface area (Å²) in [4.78, 5) is 64.6. The number of nitrogens with two attached hydrogens (primary N) is 1. The van der Waals surface area contributed by atoms with E-state index in [-0.39, 0.29) is 37.5 Å². The zero-order chi connectivity index (χ0) is 35.3. The van der Waals surface area contributed by atoms with E-state index in [9.17, 15) is 19.2 Å². The van der Waals surface area contributed by atoms with Gasteiger partial charge in [0.1, 0.15) is 12.6 Å². The average molecular weight is 683 g/mol. The van der Waals surface area contributed by atoms with Gasteiger partial charge < -0.3 is 41.2 Å². The van der Waals surface area contributed by atoms with Crippen LogP contribution in [0, 0.1) is 0 Å². The minimum atomic E-state index is -1.09. The molecule has 1 atom stereocenters. The first-order chi connectivity index (χ1) is 24.3. The normalized spacial score (nSPS) is 13.2. The molecular formula is C35H38N8O7. The number of pyridine rings is 1. The molecular weight excluding hydrogens is 644 g/mol.